The SMILES string of the molecule is Cc1cccc(OCCNC(=O)[C@H](C)SCc2ccccc2)c1C. The van der Waals surface area contributed by atoms with Crippen molar-refractivity contribution in [1.82, 2.24) is 5.32 Å². The van der Waals surface area contributed by atoms with Crippen molar-refractivity contribution in [3.63, 3.8) is 0 Å². The van der Waals surface area contributed by atoms with Crippen LogP contribution in [0.15, 0.2) is 48.5 Å². The Balaban J connectivity index is 1.68. The maximum absolute atomic E-state index is 12.1. The van der Waals surface area contributed by atoms with Crippen molar-refractivity contribution in [3.05, 3.63) is 65.2 Å². The summed E-state index contributed by atoms with van der Waals surface area (Å²) >= 11 is 1.64. The smallest absolute Gasteiger partial charge is 0.232 e. The summed E-state index contributed by atoms with van der Waals surface area (Å²) in [7, 11) is 0. The molecule has 128 valence electrons. The van der Waals surface area contributed by atoms with Gasteiger partial charge in [-0.2, -0.15) is 0 Å². The molecular formula is C20H25NO2S. The normalized spacial score (nSPS) is 11.8. The van der Waals surface area contributed by atoms with Crippen LogP contribution in [0.1, 0.15) is 23.6 Å². The van der Waals surface area contributed by atoms with Gasteiger partial charge in [0.2, 0.25) is 5.91 Å². The molecule has 2 aromatic carbocycles. The first kappa shape index (κ1) is 18.4. The van der Waals surface area contributed by atoms with Gasteiger partial charge in [-0.25, -0.2) is 0 Å². The number of carbonyl (C=O) groups is 1. The van der Waals surface area contributed by atoms with Crippen molar-refractivity contribution in [2.45, 2.75) is 31.8 Å². The summed E-state index contributed by atoms with van der Waals surface area (Å²) in [5.74, 6) is 1.78. The summed E-state index contributed by atoms with van der Waals surface area (Å²) in [4.78, 5) is 12.1. The zero-order valence-electron chi connectivity index (χ0n) is 14.5. The Bertz CT molecular complexity index is 658. The number of hydrogen-bond acceptors (Lipinski definition) is 3. The Labute approximate surface area is 148 Å². The minimum absolute atomic E-state index is 0.0560. The third-order valence-electron chi connectivity index (χ3n) is 3.93. The van der Waals surface area contributed by atoms with Gasteiger partial charge < -0.3 is 10.1 Å². The fraction of sp³-hybridized carbons (Fsp3) is 0.350. The van der Waals surface area contributed by atoms with E-state index in [1.165, 1.54) is 11.1 Å². The molecule has 3 nitrogen and oxygen atoms in total. The van der Waals surface area contributed by atoms with E-state index < -0.39 is 0 Å². The van der Waals surface area contributed by atoms with E-state index in [-0.39, 0.29) is 11.2 Å². The summed E-state index contributed by atoms with van der Waals surface area (Å²) in [5, 5.41) is 2.86. The van der Waals surface area contributed by atoms with Crippen LogP contribution in [0, 0.1) is 13.8 Å². The number of aryl methyl sites for hydroxylation is 1. The molecule has 0 saturated carbocycles. The molecule has 0 unspecified atom stereocenters. The summed E-state index contributed by atoms with van der Waals surface area (Å²) < 4.78 is 5.76. The third kappa shape index (κ3) is 5.60. The Morgan fingerprint density at radius 1 is 1.12 bits per heavy atom. The molecular weight excluding hydrogens is 318 g/mol. The first-order valence-corrected chi connectivity index (χ1v) is 9.25. The van der Waals surface area contributed by atoms with Crippen molar-refractivity contribution in [3.8, 4) is 5.75 Å². The first-order chi connectivity index (χ1) is 11.6. The number of thioether (sulfide) groups is 1. The summed E-state index contributed by atoms with van der Waals surface area (Å²) in [5.41, 5.74) is 3.60. The van der Waals surface area contributed by atoms with E-state index in [1.54, 1.807) is 11.8 Å². The zero-order chi connectivity index (χ0) is 17.4. The zero-order valence-corrected chi connectivity index (χ0v) is 15.4. The molecule has 0 aliphatic carbocycles. The van der Waals surface area contributed by atoms with Gasteiger partial charge in [-0.3, -0.25) is 4.79 Å². The highest BCUT2D eigenvalue weighted by Gasteiger charge is 2.12. The fourth-order valence-electron chi connectivity index (χ4n) is 2.23. The Morgan fingerprint density at radius 2 is 1.88 bits per heavy atom. The van der Waals surface area contributed by atoms with Crippen molar-refractivity contribution in [1.29, 1.82) is 0 Å². The van der Waals surface area contributed by atoms with Gasteiger partial charge in [0.05, 0.1) is 11.8 Å². The lowest BCUT2D eigenvalue weighted by Crippen LogP contribution is -2.34. The molecule has 0 heterocycles. The quantitative estimate of drug-likeness (QED) is 0.733. The van der Waals surface area contributed by atoms with E-state index in [4.69, 9.17) is 4.74 Å². The average molecular weight is 343 g/mol. The van der Waals surface area contributed by atoms with Gasteiger partial charge in [-0.05, 0) is 43.5 Å². The molecule has 1 atom stereocenters. The van der Waals surface area contributed by atoms with Gasteiger partial charge in [-0.1, -0.05) is 42.5 Å². The molecule has 24 heavy (non-hydrogen) atoms. The van der Waals surface area contributed by atoms with Crippen LogP contribution in [0.3, 0.4) is 0 Å². The highest BCUT2D eigenvalue weighted by atomic mass is 32.2. The number of ether oxygens (including phenoxy) is 1. The molecule has 0 radical (unpaired) electrons. The van der Waals surface area contributed by atoms with Crippen LogP contribution >= 0.6 is 11.8 Å². The van der Waals surface area contributed by atoms with Gasteiger partial charge in [0.1, 0.15) is 12.4 Å². The minimum atomic E-state index is -0.0779. The van der Waals surface area contributed by atoms with Crippen LogP contribution in [0.2, 0.25) is 0 Å². The maximum Gasteiger partial charge on any atom is 0.232 e. The molecule has 0 aromatic heterocycles. The van der Waals surface area contributed by atoms with E-state index in [2.05, 4.69) is 30.4 Å². The first-order valence-electron chi connectivity index (χ1n) is 8.20. The van der Waals surface area contributed by atoms with Crippen LogP contribution in [-0.4, -0.2) is 24.3 Å². The van der Waals surface area contributed by atoms with Gasteiger partial charge in [0, 0.05) is 5.75 Å². The Kier molecular flexibility index (Phi) is 7.19. The molecule has 1 amide bonds. The van der Waals surface area contributed by atoms with Gasteiger partial charge in [-0.15, -0.1) is 11.8 Å². The van der Waals surface area contributed by atoms with Crippen molar-refractivity contribution >= 4 is 17.7 Å². The number of nitrogens with one attached hydrogen (secondary N) is 1. The second-order valence-corrected chi connectivity index (χ2v) is 7.11. The third-order valence-corrected chi connectivity index (χ3v) is 5.14. The minimum Gasteiger partial charge on any atom is -0.491 e. The molecule has 0 aliphatic heterocycles. The average Bonchev–Trinajstić information content (AvgIpc) is 2.60. The van der Waals surface area contributed by atoms with Gasteiger partial charge in [0.25, 0.3) is 0 Å². The highest BCUT2D eigenvalue weighted by molar-refractivity contribution is 7.99. The highest BCUT2D eigenvalue weighted by Crippen LogP contribution is 2.20. The molecule has 0 saturated heterocycles. The predicted molar refractivity (Wildman–Crippen MR) is 102 cm³/mol. The number of rotatable bonds is 8. The number of hydrogen-bond donors (Lipinski definition) is 1. The van der Waals surface area contributed by atoms with E-state index in [1.807, 2.05) is 44.2 Å². The maximum atomic E-state index is 12.1. The van der Waals surface area contributed by atoms with Crippen LogP contribution < -0.4 is 10.1 Å². The lowest BCUT2D eigenvalue weighted by molar-refractivity contribution is -0.120. The molecule has 0 bridgehead atoms. The number of carbonyl (C=O) groups excluding carboxylic acids is 1. The second kappa shape index (κ2) is 9.38. The topological polar surface area (TPSA) is 38.3 Å². The van der Waals surface area contributed by atoms with Gasteiger partial charge in [0.15, 0.2) is 0 Å². The molecule has 2 aromatic rings. The Hall–Kier alpha value is -1.94. The molecule has 4 heteroatoms. The molecule has 1 N–H and O–H groups in total. The molecule has 2 rings (SSSR count). The fourth-order valence-corrected chi connectivity index (χ4v) is 3.10. The van der Waals surface area contributed by atoms with Crippen LogP contribution in [0.5, 0.6) is 5.75 Å². The molecule has 0 fully saturated rings. The van der Waals surface area contributed by atoms with Crippen molar-refractivity contribution in [2.24, 2.45) is 0 Å². The summed E-state index contributed by atoms with van der Waals surface area (Å²) in [6.45, 7) is 7.05. The molecule has 0 spiro atoms. The van der Waals surface area contributed by atoms with E-state index >= 15 is 0 Å². The van der Waals surface area contributed by atoms with Crippen LogP contribution in [-0.2, 0) is 10.5 Å². The lowest BCUT2D eigenvalue weighted by atomic mass is 10.1. The summed E-state index contributed by atoms with van der Waals surface area (Å²) in [6, 6.07) is 16.2. The van der Waals surface area contributed by atoms with E-state index in [9.17, 15) is 4.79 Å². The van der Waals surface area contributed by atoms with Gasteiger partial charge >= 0.3 is 0 Å². The van der Waals surface area contributed by atoms with E-state index in [0.29, 0.717) is 13.2 Å². The second-order valence-electron chi connectivity index (χ2n) is 5.78. The van der Waals surface area contributed by atoms with Crippen molar-refractivity contribution < 1.29 is 9.53 Å². The van der Waals surface area contributed by atoms with E-state index in [0.717, 1.165) is 17.1 Å². The lowest BCUT2D eigenvalue weighted by Gasteiger charge is -2.14. The van der Waals surface area contributed by atoms with Crippen LogP contribution in [0.4, 0.5) is 0 Å². The summed E-state index contributed by atoms with van der Waals surface area (Å²) in [6.07, 6.45) is 0. The number of amides is 1. The number of benzene rings is 2. The largest absolute Gasteiger partial charge is 0.491 e. The molecule has 0 aliphatic rings. The monoisotopic (exact) mass is 343 g/mol. The van der Waals surface area contributed by atoms with Crippen molar-refractivity contribution in [2.75, 3.05) is 13.2 Å². The standard InChI is InChI=1S/C20H25NO2S/c1-15-8-7-11-19(16(15)2)23-13-12-21-20(22)17(3)24-14-18-9-5-4-6-10-18/h4-11,17H,12-14H2,1-3H3,(H,21,22)/t17-/m0/s1. The van der Waals surface area contributed by atoms with Crippen LogP contribution in [0.25, 0.3) is 0 Å². The Morgan fingerprint density at radius 3 is 2.62 bits per heavy atom. The predicted octanol–water partition coefficient (Wildman–Crippen LogP) is 4.12.